The third-order valence-electron chi connectivity index (χ3n) is 3.13. The van der Waals surface area contributed by atoms with Crippen molar-refractivity contribution in [1.29, 1.82) is 0 Å². The van der Waals surface area contributed by atoms with Crippen molar-refractivity contribution >= 4 is 17.0 Å². The normalized spacial score (nSPS) is 10.7. The number of fused-ring (bicyclic) bond motifs is 1. The van der Waals surface area contributed by atoms with Crippen molar-refractivity contribution in [2.45, 2.75) is 6.92 Å². The topological polar surface area (TPSA) is 57.0 Å². The molecule has 100 valence electrons. The highest BCUT2D eigenvalue weighted by molar-refractivity contribution is 5.93. The predicted octanol–water partition coefficient (Wildman–Crippen LogP) is 2.52. The van der Waals surface area contributed by atoms with Gasteiger partial charge in [0.2, 0.25) is 0 Å². The van der Waals surface area contributed by atoms with E-state index in [4.69, 9.17) is 4.74 Å². The Balaban J connectivity index is 2.16. The fourth-order valence-corrected chi connectivity index (χ4v) is 2.07. The van der Waals surface area contributed by atoms with Crippen LogP contribution in [0.15, 0.2) is 42.9 Å². The number of nitrogens with zero attached hydrogens (tertiary/aromatic N) is 3. The number of pyridine rings is 2. The van der Waals surface area contributed by atoms with Crippen molar-refractivity contribution in [3.63, 3.8) is 0 Å². The van der Waals surface area contributed by atoms with E-state index in [2.05, 4.69) is 9.97 Å². The van der Waals surface area contributed by atoms with Gasteiger partial charge in [-0.15, -0.1) is 0 Å². The summed E-state index contributed by atoms with van der Waals surface area (Å²) in [7, 11) is 1.36. The number of carbonyl (C=O) groups excluding carboxylic acids is 1. The molecule has 3 aromatic heterocycles. The van der Waals surface area contributed by atoms with Gasteiger partial charge in [-0.25, -0.2) is 4.79 Å². The van der Waals surface area contributed by atoms with Gasteiger partial charge in [0.25, 0.3) is 0 Å². The van der Waals surface area contributed by atoms with Crippen LogP contribution in [0.25, 0.3) is 16.7 Å². The van der Waals surface area contributed by atoms with Crippen molar-refractivity contribution in [3.05, 3.63) is 54.1 Å². The Labute approximate surface area is 115 Å². The third kappa shape index (κ3) is 2.03. The Kier molecular flexibility index (Phi) is 2.95. The zero-order valence-electron chi connectivity index (χ0n) is 11.2. The van der Waals surface area contributed by atoms with Crippen molar-refractivity contribution in [2.24, 2.45) is 0 Å². The average molecular weight is 267 g/mol. The summed E-state index contributed by atoms with van der Waals surface area (Å²) in [6.45, 7) is 1.94. The highest BCUT2D eigenvalue weighted by Gasteiger charge is 2.10. The van der Waals surface area contributed by atoms with Crippen LogP contribution < -0.4 is 0 Å². The number of ether oxygens (including phenoxy) is 1. The molecule has 0 fully saturated rings. The first-order valence-corrected chi connectivity index (χ1v) is 6.17. The summed E-state index contributed by atoms with van der Waals surface area (Å²) in [6.07, 6.45) is 5.22. The molecule has 0 radical (unpaired) electrons. The Morgan fingerprint density at radius 1 is 1.20 bits per heavy atom. The van der Waals surface area contributed by atoms with Gasteiger partial charge in [0.05, 0.1) is 35.6 Å². The van der Waals surface area contributed by atoms with E-state index in [-0.39, 0.29) is 0 Å². The summed E-state index contributed by atoms with van der Waals surface area (Å²) in [6, 6.07) is 7.59. The van der Waals surface area contributed by atoms with Crippen molar-refractivity contribution < 1.29 is 9.53 Å². The van der Waals surface area contributed by atoms with Crippen LogP contribution in [0.5, 0.6) is 0 Å². The van der Waals surface area contributed by atoms with E-state index in [0.29, 0.717) is 5.56 Å². The number of aromatic nitrogens is 3. The second kappa shape index (κ2) is 4.77. The maximum Gasteiger partial charge on any atom is 0.339 e. The number of hydrogen-bond donors (Lipinski definition) is 0. The summed E-state index contributed by atoms with van der Waals surface area (Å²) in [5, 5.41) is 0. The molecule has 0 unspecified atom stereocenters. The van der Waals surface area contributed by atoms with Gasteiger partial charge < -0.3 is 9.30 Å². The van der Waals surface area contributed by atoms with Gasteiger partial charge in [0.15, 0.2) is 0 Å². The number of carbonyl (C=O) groups is 1. The molecule has 0 aromatic carbocycles. The summed E-state index contributed by atoms with van der Waals surface area (Å²) in [4.78, 5) is 20.1. The van der Waals surface area contributed by atoms with E-state index in [0.717, 1.165) is 22.4 Å². The molecule has 3 rings (SSSR count). The minimum absolute atomic E-state index is 0.394. The van der Waals surface area contributed by atoms with Crippen LogP contribution in [0, 0.1) is 6.92 Å². The molecule has 0 aliphatic heterocycles. The Hall–Kier alpha value is -2.69. The predicted molar refractivity (Wildman–Crippen MR) is 74.9 cm³/mol. The molecular weight excluding hydrogens is 254 g/mol. The van der Waals surface area contributed by atoms with Crippen LogP contribution in [-0.2, 0) is 4.74 Å². The minimum atomic E-state index is -0.394. The molecule has 0 saturated heterocycles. The lowest BCUT2D eigenvalue weighted by Gasteiger charge is -2.06. The maximum atomic E-state index is 11.6. The molecule has 3 aromatic rings. The third-order valence-corrected chi connectivity index (χ3v) is 3.13. The molecule has 0 atom stereocenters. The fourth-order valence-electron chi connectivity index (χ4n) is 2.07. The number of methoxy groups -OCH3 is 1. The lowest BCUT2D eigenvalue weighted by molar-refractivity contribution is 0.0600. The Morgan fingerprint density at radius 2 is 2.05 bits per heavy atom. The van der Waals surface area contributed by atoms with Crippen LogP contribution >= 0.6 is 0 Å². The van der Waals surface area contributed by atoms with Gasteiger partial charge in [0, 0.05) is 18.1 Å². The first kappa shape index (κ1) is 12.3. The zero-order valence-corrected chi connectivity index (χ0v) is 11.2. The lowest BCUT2D eigenvalue weighted by Crippen LogP contribution is -2.02. The minimum Gasteiger partial charge on any atom is -0.465 e. The summed E-state index contributed by atoms with van der Waals surface area (Å²) < 4.78 is 6.67. The summed E-state index contributed by atoms with van der Waals surface area (Å²) in [5.41, 5.74) is 3.98. The molecule has 0 amide bonds. The number of aryl methyl sites for hydroxylation is 1. The van der Waals surface area contributed by atoms with Gasteiger partial charge >= 0.3 is 5.97 Å². The van der Waals surface area contributed by atoms with Gasteiger partial charge in [-0.1, -0.05) is 0 Å². The van der Waals surface area contributed by atoms with Gasteiger partial charge in [-0.3, -0.25) is 9.97 Å². The largest absolute Gasteiger partial charge is 0.465 e. The molecule has 5 nitrogen and oxygen atoms in total. The van der Waals surface area contributed by atoms with Crippen molar-refractivity contribution in [2.75, 3.05) is 7.11 Å². The van der Waals surface area contributed by atoms with E-state index in [1.54, 1.807) is 12.3 Å². The molecule has 0 aliphatic carbocycles. The van der Waals surface area contributed by atoms with E-state index in [1.807, 2.05) is 35.9 Å². The van der Waals surface area contributed by atoms with E-state index in [9.17, 15) is 4.79 Å². The molecule has 0 bridgehead atoms. The second-order valence-corrected chi connectivity index (χ2v) is 4.46. The Bertz CT molecular complexity index is 775. The fraction of sp³-hybridized carbons (Fsp3) is 0.133. The highest BCUT2D eigenvalue weighted by Crippen LogP contribution is 2.20. The molecule has 20 heavy (non-hydrogen) atoms. The van der Waals surface area contributed by atoms with Crippen LogP contribution in [0.4, 0.5) is 0 Å². The maximum absolute atomic E-state index is 11.6. The molecule has 0 aliphatic rings. The lowest BCUT2D eigenvalue weighted by atomic mass is 10.2. The molecule has 5 heteroatoms. The Morgan fingerprint density at radius 3 is 2.75 bits per heavy atom. The standard InChI is InChI=1S/C15H13N3O2/c1-10-3-4-12(9-16-10)18-6-5-13-14(18)7-11(8-17-13)15(19)20-2/h3-9H,1-2H3. The number of esters is 1. The van der Waals surface area contributed by atoms with Crippen molar-refractivity contribution in [1.82, 2.24) is 14.5 Å². The van der Waals surface area contributed by atoms with E-state index < -0.39 is 5.97 Å². The molecule has 0 N–H and O–H groups in total. The summed E-state index contributed by atoms with van der Waals surface area (Å²) in [5.74, 6) is -0.394. The van der Waals surface area contributed by atoms with Crippen molar-refractivity contribution in [3.8, 4) is 5.69 Å². The first-order valence-electron chi connectivity index (χ1n) is 6.17. The highest BCUT2D eigenvalue weighted by atomic mass is 16.5. The molecule has 0 saturated carbocycles. The number of hydrogen-bond acceptors (Lipinski definition) is 4. The van der Waals surface area contributed by atoms with Gasteiger partial charge in [-0.2, -0.15) is 0 Å². The quantitative estimate of drug-likeness (QED) is 0.669. The number of rotatable bonds is 2. The van der Waals surface area contributed by atoms with Gasteiger partial charge in [-0.05, 0) is 31.2 Å². The zero-order chi connectivity index (χ0) is 14.1. The molecular formula is C15H13N3O2. The molecule has 3 heterocycles. The van der Waals surface area contributed by atoms with Gasteiger partial charge in [0.1, 0.15) is 0 Å². The van der Waals surface area contributed by atoms with Crippen LogP contribution in [0.3, 0.4) is 0 Å². The molecule has 0 spiro atoms. The monoisotopic (exact) mass is 267 g/mol. The second-order valence-electron chi connectivity index (χ2n) is 4.46. The van der Waals surface area contributed by atoms with Crippen LogP contribution in [-0.4, -0.2) is 27.6 Å². The average Bonchev–Trinajstić information content (AvgIpc) is 2.90. The SMILES string of the molecule is COC(=O)c1cnc2ccn(-c3ccc(C)nc3)c2c1. The summed E-state index contributed by atoms with van der Waals surface area (Å²) >= 11 is 0. The smallest absolute Gasteiger partial charge is 0.339 e. The van der Waals surface area contributed by atoms with E-state index in [1.165, 1.54) is 13.3 Å². The van der Waals surface area contributed by atoms with E-state index >= 15 is 0 Å². The van der Waals surface area contributed by atoms with Crippen LogP contribution in [0.2, 0.25) is 0 Å². The first-order chi connectivity index (χ1) is 9.69. The van der Waals surface area contributed by atoms with Crippen LogP contribution in [0.1, 0.15) is 16.1 Å².